The average molecular weight is 510 g/mol. The van der Waals surface area contributed by atoms with E-state index in [1.165, 1.54) is 5.56 Å². The van der Waals surface area contributed by atoms with Gasteiger partial charge in [0, 0.05) is 25.1 Å². The molecule has 3 aromatic rings. The number of aromatic nitrogens is 3. The number of benzene rings is 1. The molecule has 3 rings (SSSR count). The standard InChI is InChI=1S/C20H26N6O2.HI/c1-4-21-20(22-11-5-6-18-24-15(3)26-28-18)23-12-17-13-27-19(25-17)16-9-7-14(2)8-10-16;/h7-10,13H,4-6,11-12H2,1-3H3,(H2,21,22,23);1H. The second kappa shape index (κ2) is 11.5. The van der Waals surface area contributed by atoms with Crippen LogP contribution < -0.4 is 10.6 Å². The molecule has 0 fully saturated rings. The van der Waals surface area contributed by atoms with E-state index in [0.717, 1.165) is 43.1 Å². The molecule has 29 heavy (non-hydrogen) atoms. The first-order chi connectivity index (χ1) is 13.6. The summed E-state index contributed by atoms with van der Waals surface area (Å²) >= 11 is 0. The van der Waals surface area contributed by atoms with Gasteiger partial charge in [0.15, 0.2) is 11.8 Å². The van der Waals surface area contributed by atoms with Gasteiger partial charge in [-0.3, -0.25) is 0 Å². The van der Waals surface area contributed by atoms with Gasteiger partial charge < -0.3 is 19.6 Å². The maximum atomic E-state index is 5.59. The molecule has 2 heterocycles. The van der Waals surface area contributed by atoms with E-state index >= 15 is 0 Å². The van der Waals surface area contributed by atoms with E-state index < -0.39 is 0 Å². The SMILES string of the molecule is CCNC(=NCc1coc(-c2ccc(C)cc2)n1)NCCCc1nc(C)no1.I. The molecule has 2 N–H and O–H groups in total. The molecule has 156 valence electrons. The monoisotopic (exact) mass is 510 g/mol. The minimum atomic E-state index is 0. The third-order valence-corrected chi connectivity index (χ3v) is 4.02. The normalized spacial score (nSPS) is 11.2. The number of halogens is 1. The lowest BCUT2D eigenvalue weighted by atomic mass is 10.1. The molecule has 0 saturated heterocycles. The molecule has 0 unspecified atom stereocenters. The number of nitrogens with one attached hydrogen (secondary N) is 2. The highest BCUT2D eigenvalue weighted by Crippen LogP contribution is 2.19. The molecule has 0 bridgehead atoms. The van der Waals surface area contributed by atoms with E-state index in [2.05, 4.69) is 37.7 Å². The summed E-state index contributed by atoms with van der Waals surface area (Å²) in [5, 5.41) is 10.3. The number of hydrogen-bond acceptors (Lipinski definition) is 6. The van der Waals surface area contributed by atoms with Gasteiger partial charge in [-0.25, -0.2) is 9.98 Å². The van der Waals surface area contributed by atoms with Crippen molar-refractivity contribution in [1.82, 2.24) is 25.8 Å². The van der Waals surface area contributed by atoms with Crippen LogP contribution in [0.4, 0.5) is 0 Å². The van der Waals surface area contributed by atoms with Gasteiger partial charge in [-0.15, -0.1) is 24.0 Å². The summed E-state index contributed by atoms with van der Waals surface area (Å²) < 4.78 is 10.7. The molecule has 9 heteroatoms. The van der Waals surface area contributed by atoms with Gasteiger partial charge in [0.1, 0.15) is 12.0 Å². The number of aryl methyl sites for hydroxylation is 3. The van der Waals surface area contributed by atoms with Gasteiger partial charge in [0.25, 0.3) is 0 Å². The lowest BCUT2D eigenvalue weighted by Gasteiger charge is -2.10. The first kappa shape index (κ1) is 22.9. The third-order valence-electron chi connectivity index (χ3n) is 4.02. The van der Waals surface area contributed by atoms with Gasteiger partial charge in [0.05, 0.1) is 6.54 Å². The number of nitrogens with zero attached hydrogens (tertiary/aromatic N) is 4. The predicted octanol–water partition coefficient (Wildman–Crippen LogP) is 3.65. The van der Waals surface area contributed by atoms with Crippen LogP contribution in [0.5, 0.6) is 0 Å². The Labute approximate surface area is 187 Å². The van der Waals surface area contributed by atoms with Gasteiger partial charge in [-0.1, -0.05) is 22.9 Å². The van der Waals surface area contributed by atoms with Gasteiger partial charge in [-0.2, -0.15) is 4.98 Å². The second-order valence-corrected chi connectivity index (χ2v) is 6.47. The van der Waals surface area contributed by atoms with Crippen LogP contribution in [0.2, 0.25) is 0 Å². The Bertz CT molecular complexity index is 904. The quantitative estimate of drug-likeness (QED) is 0.207. The zero-order valence-corrected chi connectivity index (χ0v) is 19.3. The number of guanidine groups is 1. The van der Waals surface area contributed by atoms with Crippen molar-refractivity contribution in [3.8, 4) is 11.5 Å². The second-order valence-electron chi connectivity index (χ2n) is 6.47. The van der Waals surface area contributed by atoms with E-state index in [9.17, 15) is 0 Å². The van der Waals surface area contributed by atoms with Crippen LogP contribution in [-0.2, 0) is 13.0 Å². The lowest BCUT2D eigenvalue weighted by molar-refractivity contribution is 0.372. The fourth-order valence-electron chi connectivity index (χ4n) is 2.60. The van der Waals surface area contributed by atoms with E-state index in [4.69, 9.17) is 8.94 Å². The van der Waals surface area contributed by atoms with Crippen molar-refractivity contribution < 1.29 is 8.94 Å². The maximum Gasteiger partial charge on any atom is 0.226 e. The highest BCUT2D eigenvalue weighted by Gasteiger charge is 2.07. The Balaban J connectivity index is 0.00000300. The van der Waals surface area contributed by atoms with Crippen LogP contribution in [0.25, 0.3) is 11.5 Å². The van der Waals surface area contributed by atoms with Crippen LogP contribution in [0.3, 0.4) is 0 Å². The molecular weight excluding hydrogens is 483 g/mol. The zero-order valence-electron chi connectivity index (χ0n) is 16.9. The fraction of sp³-hybridized carbons (Fsp3) is 0.400. The Morgan fingerprint density at radius 3 is 2.59 bits per heavy atom. The zero-order chi connectivity index (χ0) is 19.8. The van der Waals surface area contributed by atoms with Crippen LogP contribution in [0.1, 0.15) is 36.3 Å². The molecule has 0 spiro atoms. The Morgan fingerprint density at radius 1 is 1.10 bits per heavy atom. The van der Waals surface area contributed by atoms with Gasteiger partial charge >= 0.3 is 0 Å². The van der Waals surface area contributed by atoms with Crippen molar-refractivity contribution in [1.29, 1.82) is 0 Å². The summed E-state index contributed by atoms with van der Waals surface area (Å²) in [5.41, 5.74) is 2.95. The summed E-state index contributed by atoms with van der Waals surface area (Å²) in [7, 11) is 0. The van der Waals surface area contributed by atoms with Crippen LogP contribution >= 0.6 is 24.0 Å². The minimum Gasteiger partial charge on any atom is -0.444 e. The first-order valence-corrected chi connectivity index (χ1v) is 9.47. The number of aliphatic imine (C=N–C) groups is 1. The largest absolute Gasteiger partial charge is 0.444 e. The number of oxazole rings is 1. The molecule has 8 nitrogen and oxygen atoms in total. The van der Waals surface area contributed by atoms with Crippen molar-refractivity contribution in [3.05, 3.63) is 53.5 Å². The highest BCUT2D eigenvalue weighted by molar-refractivity contribution is 14.0. The molecule has 0 aliphatic carbocycles. The number of rotatable bonds is 8. The molecule has 0 aliphatic rings. The van der Waals surface area contributed by atoms with Crippen LogP contribution in [0, 0.1) is 13.8 Å². The highest BCUT2D eigenvalue weighted by atomic mass is 127. The van der Waals surface area contributed by atoms with Crippen molar-refractivity contribution >= 4 is 29.9 Å². The van der Waals surface area contributed by atoms with E-state index in [1.54, 1.807) is 6.26 Å². The molecule has 0 aliphatic heterocycles. The molecule has 0 radical (unpaired) electrons. The molecule has 1 aromatic carbocycles. The maximum absolute atomic E-state index is 5.59. The summed E-state index contributed by atoms with van der Waals surface area (Å²) in [5.74, 6) is 2.67. The molecule has 2 aromatic heterocycles. The van der Waals surface area contributed by atoms with Crippen molar-refractivity contribution in [2.45, 2.75) is 40.2 Å². The topological polar surface area (TPSA) is 101 Å². The summed E-state index contributed by atoms with van der Waals surface area (Å²) in [4.78, 5) is 13.3. The third kappa shape index (κ3) is 7.15. The molecule has 0 saturated carbocycles. The van der Waals surface area contributed by atoms with Gasteiger partial charge in [-0.05, 0) is 39.3 Å². The van der Waals surface area contributed by atoms with E-state index in [0.29, 0.717) is 24.2 Å². The Morgan fingerprint density at radius 2 is 1.90 bits per heavy atom. The fourth-order valence-corrected chi connectivity index (χ4v) is 2.60. The Hall–Kier alpha value is -2.43. The molecular formula is C20H27IN6O2. The van der Waals surface area contributed by atoms with Crippen molar-refractivity contribution in [2.24, 2.45) is 4.99 Å². The molecule has 0 amide bonds. The first-order valence-electron chi connectivity index (χ1n) is 9.47. The number of hydrogen-bond donors (Lipinski definition) is 2. The van der Waals surface area contributed by atoms with E-state index in [1.807, 2.05) is 38.1 Å². The van der Waals surface area contributed by atoms with Crippen molar-refractivity contribution in [2.75, 3.05) is 13.1 Å². The summed E-state index contributed by atoms with van der Waals surface area (Å²) in [6, 6.07) is 8.09. The lowest BCUT2D eigenvalue weighted by Crippen LogP contribution is -2.37. The molecule has 0 atom stereocenters. The summed E-state index contributed by atoms with van der Waals surface area (Å²) in [6.45, 7) is 7.87. The average Bonchev–Trinajstić information content (AvgIpc) is 3.33. The minimum absolute atomic E-state index is 0. The van der Waals surface area contributed by atoms with Crippen LogP contribution in [-0.4, -0.2) is 34.2 Å². The van der Waals surface area contributed by atoms with E-state index in [-0.39, 0.29) is 24.0 Å². The van der Waals surface area contributed by atoms with Crippen LogP contribution in [0.15, 0.2) is 44.5 Å². The Kier molecular flexibility index (Phi) is 9.10. The smallest absolute Gasteiger partial charge is 0.226 e. The van der Waals surface area contributed by atoms with Crippen molar-refractivity contribution in [3.63, 3.8) is 0 Å². The summed E-state index contributed by atoms with van der Waals surface area (Å²) in [6.07, 6.45) is 3.25. The predicted molar refractivity (Wildman–Crippen MR) is 122 cm³/mol. The van der Waals surface area contributed by atoms with Gasteiger partial charge in [0.2, 0.25) is 11.8 Å².